The van der Waals surface area contributed by atoms with Gasteiger partial charge in [0, 0.05) is 6.92 Å². The van der Waals surface area contributed by atoms with Crippen LogP contribution in [0.15, 0.2) is 9.99 Å². The summed E-state index contributed by atoms with van der Waals surface area (Å²) in [6, 6.07) is 0. The third-order valence-corrected chi connectivity index (χ3v) is 2.23. The molecule has 1 aromatic heterocycles. The Labute approximate surface area is 75.7 Å². The van der Waals surface area contributed by atoms with Crippen LogP contribution in [0.2, 0.25) is 0 Å². The summed E-state index contributed by atoms with van der Waals surface area (Å²) in [6.45, 7) is 1.66. The van der Waals surface area contributed by atoms with Gasteiger partial charge in [0.2, 0.25) is 5.89 Å². The van der Waals surface area contributed by atoms with Crippen LogP contribution >= 0.6 is 0 Å². The molecular formula is C9H11FN2O. The van der Waals surface area contributed by atoms with Gasteiger partial charge in [-0.25, -0.2) is 4.39 Å². The molecule has 0 spiro atoms. The van der Waals surface area contributed by atoms with Gasteiger partial charge in [-0.1, -0.05) is 0 Å². The lowest BCUT2D eigenvalue weighted by molar-refractivity contribution is 0.487. The van der Waals surface area contributed by atoms with E-state index >= 15 is 0 Å². The maximum absolute atomic E-state index is 13.5. The smallest absolute Gasteiger partial charge is 0.276 e. The highest BCUT2D eigenvalue weighted by molar-refractivity contribution is 5.55. The summed E-state index contributed by atoms with van der Waals surface area (Å²) >= 11 is 0. The van der Waals surface area contributed by atoms with Crippen molar-refractivity contribution in [2.45, 2.75) is 32.6 Å². The van der Waals surface area contributed by atoms with Gasteiger partial charge in [-0.05, 0) is 31.3 Å². The molecule has 0 aromatic carbocycles. The third-order valence-electron chi connectivity index (χ3n) is 2.23. The van der Waals surface area contributed by atoms with Gasteiger partial charge in [-0.3, -0.25) is 0 Å². The van der Waals surface area contributed by atoms with E-state index in [1.807, 2.05) is 0 Å². The number of hydrogen-bond donors (Lipinski definition) is 0. The Bertz CT molecular complexity index is 335. The topological polar surface area (TPSA) is 38.9 Å². The molecule has 0 aliphatic heterocycles. The van der Waals surface area contributed by atoms with Gasteiger partial charge in [-0.2, -0.15) is 0 Å². The summed E-state index contributed by atoms with van der Waals surface area (Å²) in [4.78, 5) is 0. The molecule has 1 aliphatic rings. The van der Waals surface area contributed by atoms with Crippen molar-refractivity contribution in [2.24, 2.45) is 0 Å². The van der Waals surface area contributed by atoms with Crippen LogP contribution in [0.5, 0.6) is 0 Å². The van der Waals surface area contributed by atoms with Gasteiger partial charge in [0.15, 0.2) is 5.83 Å². The van der Waals surface area contributed by atoms with Crippen LogP contribution in [-0.4, -0.2) is 10.2 Å². The summed E-state index contributed by atoms with van der Waals surface area (Å²) in [7, 11) is 0. The third kappa shape index (κ3) is 1.61. The highest BCUT2D eigenvalue weighted by atomic mass is 19.1. The molecule has 3 nitrogen and oxygen atoms in total. The molecule has 1 aliphatic carbocycles. The Morgan fingerprint density at radius 1 is 1.31 bits per heavy atom. The van der Waals surface area contributed by atoms with Crippen molar-refractivity contribution in [1.82, 2.24) is 10.2 Å². The summed E-state index contributed by atoms with van der Waals surface area (Å²) in [6.07, 6.45) is 3.78. The molecule has 0 N–H and O–H groups in total. The van der Waals surface area contributed by atoms with Crippen molar-refractivity contribution >= 4 is 5.83 Å². The standard InChI is InChI=1S/C9H11FN2O/c1-6-11-12-9(13-6)8(10)7-4-2-3-5-7/h2-5H2,1H3. The van der Waals surface area contributed by atoms with Crippen LogP contribution in [0.4, 0.5) is 4.39 Å². The van der Waals surface area contributed by atoms with Crippen molar-refractivity contribution in [2.75, 3.05) is 0 Å². The number of nitrogens with zero attached hydrogens (tertiary/aromatic N) is 2. The molecule has 13 heavy (non-hydrogen) atoms. The molecule has 2 rings (SSSR count). The number of hydrogen-bond acceptors (Lipinski definition) is 3. The number of rotatable bonds is 1. The molecule has 4 heteroatoms. The van der Waals surface area contributed by atoms with E-state index in [0.717, 1.165) is 31.3 Å². The quantitative estimate of drug-likeness (QED) is 0.670. The van der Waals surface area contributed by atoms with E-state index in [-0.39, 0.29) is 11.7 Å². The predicted octanol–water partition coefficient (Wildman–Crippen LogP) is 2.63. The normalized spacial score (nSPS) is 16.6. The number of aromatic nitrogens is 2. The Morgan fingerprint density at radius 3 is 2.54 bits per heavy atom. The van der Waals surface area contributed by atoms with Crippen molar-refractivity contribution in [3.05, 3.63) is 17.4 Å². The highest BCUT2D eigenvalue weighted by Crippen LogP contribution is 2.31. The first kappa shape index (κ1) is 8.41. The molecule has 0 unspecified atom stereocenters. The zero-order valence-electron chi connectivity index (χ0n) is 7.51. The summed E-state index contributed by atoms with van der Waals surface area (Å²) in [5, 5.41) is 7.23. The van der Waals surface area contributed by atoms with Crippen molar-refractivity contribution < 1.29 is 8.81 Å². The minimum Gasteiger partial charge on any atom is -0.419 e. The van der Waals surface area contributed by atoms with Gasteiger partial charge >= 0.3 is 0 Å². The van der Waals surface area contributed by atoms with Crippen molar-refractivity contribution in [1.29, 1.82) is 0 Å². The van der Waals surface area contributed by atoms with Crippen molar-refractivity contribution in [3.63, 3.8) is 0 Å². The first-order chi connectivity index (χ1) is 6.27. The van der Waals surface area contributed by atoms with Gasteiger partial charge in [0.25, 0.3) is 5.89 Å². The molecule has 1 aromatic rings. The van der Waals surface area contributed by atoms with Crippen molar-refractivity contribution in [3.8, 4) is 0 Å². The highest BCUT2D eigenvalue weighted by Gasteiger charge is 2.17. The molecule has 1 heterocycles. The molecular weight excluding hydrogens is 171 g/mol. The van der Waals surface area contributed by atoms with E-state index in [9.17, 15) is 4.39 Å². The fourth-order valence-corrected chi connectivity index (χ4v) is 1.56. The zero-order chi connectivity index (χ0) is 9.26. The molecule has 1 fully saturated rings. The fourth-order valence-electron chi connectivity index (χ4n) is 1.56. The predicted molar refractivity (Wildman–Crippen MR) is 45.5 cm³/mol. The van der Waals surface area contributed by atoms with E-state index in [1.54, 1.807) is 6.92 Å². The second-order valence-corrected chi connectivity index (χ2v) is 3.25. The molecule has 70 valence electrons. The van der Waals surface area contributed by atoms with Gasteiger partial charge in [-0.15, -0.1) is 10.2 Å². The second-order valence-electron chi connectivity index (χ2n) is 3.25. The van der Waals surface area contributed by atoms with Crippen LogP contribution in [0, 0.1) is 6.92 Å². The van der Waals surface area contributed by atoms with E-state index in [2.05, 4.69) is 10.2 Å². The van der Waals surface area contributed by atoms with Crippen LogP contribution in [-0.2, 0) is 0 Å². The van der Waals surface area contributed by atoms with Gasteiger partial charge in [0.05, 0.1) is 0 Å². The molecule has 0 bridgehead atoms. The van der Waals surface area contributed by atoms with E-state index in [0.29, 0.717) is 5.89 Å². The summed E-state index contributed by atoms with van der Waals surface area (Å²) < 4.78 is 18.5. The summed E-state index contributed by atoms with van der Waals surface area (Å²) in [5.74, 6) is 0.135. The van der Waals surface area contributed by atoms with E-state index in [4.69, 9.17) is 4.42 Å². The van der Waals surface area contributed by atoms with Crippen LogP contribution in [0.25, 0.3) is 5.83 Å². The maximum atomic E-state index is 13.5. The number of allylic oxidation sites excluding steroid dienone is 1. The average Bonchev–Trinajstić information content (AvgIpc) is 2.72. The van der Waals surface area contributed by atoms with E-state index in [1.165, 1.54) is 0 Å². The second kappa shape index (κ2) is 3.28. The Morgan fingerprint density at radius 2 is 2.00 bits per heavy atom. The Balaban J connectivity index is 2.29. The minimum atomic E-state index is -0.307. The zero-order valence-corrected chi connectivity index (χ0v) is 7.51. The molecule has 0 radical (unpaired) electrons. The largest absolute Gasteiger partial charge is 0.419 e. The van der Waals surface area contributed by atoms with Crippen LogP contribution < -0.4 is 0 Å². The molecule has 0 saturated heterocycles. The number of halogens is 1. The first-order valence-electron chi connectivity index (χ1n) is 4.45. The lowest BCUT2D eigenvalue weighted by Gasteiger charge is -1.95. The van der Waals surface area contributed by atoms with Crippen LogP contribution in [0.1, 0.15) is 37.5 Å². The van der Waals surface area contributed by atoms with E-state index < -0.39 is 0 Å². The molecule has 0 atom stereocenters. The average molecular weight is 182 g/mol. The fraction of sp³-hybridized carbons (Fsp3) is 0.556. The molecule has 0 amide bonds. The first-order valence-corrected chi connectivity index (χ1v) is 4.45. The van der Waals surface area contributed by atoms with Gasteiger partial charge < -0.3 is 4.42 Å². The maximum Gasteiger partial charge on any atom is 0.276 e. The Kier molecular flexibility index (Phi) is 2.12. The monoisotopic (exact) mass is 182 g/mol. The SMILES string of the molecule is Cc1nnc(C(F)=C2CCCC2)o1. The lowest BCUT2D eigenvalue weighted by Crippen LogP contribution is -1.83. The molecule has 1 saturated carbocycles. The summed E-state index contributed by atoms with van der Waals surface area (Å²) in [5.41, 5.74) is 0.823. The number of aryl methyl sites for hydroxylation is 1. The van der Waals surface area contributed by atoms with Gasteiger partial charge in [0.1, 0.15) is 0 Å². The Hall–Kier alpha value is -1.19. The minimum absolute atomic E-state index is 0.0365. The lowest BCUT2D eigenvalue weighted by atomic mass is 10.2. The van der Waals surface area contributed by atoms with Crippen LogP contribution in [0.3, 0.4) is 0 Å².